The van der Waals surface area contributed by atoms with Crippen molar-refractivity contribution in [3.8, 4) is 6.07 Å². The molecule has 0 saturated heterocycles. The molecule has 0 saturated carbocycles. The Morgan fingerprint density at radius 3 is 2.86 bits per heavy atom. The lowest BCUT2D eigenvalue weighted by Crippen LogP contribution is -2.14. The molecule has 0 spiro atoms. The third-order valence-electron chi connectivity index (χ3n) is 2.85. The molecule has 0 bridgehead atoms. The van der Waals surface area contributed by atoms with Gasteiger partial charge in [0.15, 0.2) is 0 Å². The average molecular weight is 298 g/mol. The summed E-state index contributed by atoms with van der Waals surface area (Å²) in [4.78, 5) is 26.9. The summed E-state index contributed by atoms with van der Waals surface area (Å²) < 4.78 is 4.50. The number of hydrogen-bond donors (Lipinski definition) is 0. The molecule has 1 amide bonds. The summed E-state index contributed by atoms with van der Waals surface area (Å²) in [7, 11) is 1.24. The van der Waals surface area contributed by atoms with Crippen molar-refractivity contribution in [3.63, 3.8) is 0 Å². The molecule has 0 radical (unpaired) electrons. The summed E-state index contributed by atoms with van der Waals surface area (Å²) in [6, 6.07) is 9.06. The van der Waals surface area contributed by atoms with Gasteiger partial charge in [0.1, 0.15) is 5.71 Å². The van der Waals surface area contributed by atoms with Gasteiger partial charge in [0.05, 0.1) is 13.2 Å². The third-order valence-corrected chi connectivity index (χ3v) is 2.85. The summed E-state index contributed by atoms with van der Waals surface area (Å²) in [6.07, 6.45) is 6.01. The first kappa shape index (κ1) is 17.3. The maximum absolute atomic E-state index is 12.0. The minimum absolute atomic E-state index is 0.0185. The number of hydrogen-bond acceptors (Lipinski definition) is 4. The molecule has 5 nitrogen and oxygen atoms in total. The Morgan fingerprint density at radius 2 is 2.18 bits per heavy atom. The number of nitriles is 1. The van der Waals surface area contributed by atoms with Gasteiger partial charge in [-0.05, 0) is 37.5 Å². The van der Waals surface area contributed by atoms with E-state index in [2.05, 4.69) is 15.8 Å². The van der Waals surface area contributed by atoms with E-state index < -0.39 is 11.9 Å². The Kier molecular flexibility index (Phi) is 7.27. The van der Waals surface area contributed by atoms with Crippen molar-refractivity contribution < 1.29 is 14.3 Å². The number of rotatable bonds is 6. The summed E-state index contributed by atoms with van der Waals surface area (Å²) >= 11 is 0. The lowest BCUT2D eigenvalue weighted by Gasteiger charge is -2.00. The van der Waals surface area contributed by atoms with Gasteiger partial charge in [-0.1, -0.05) is 24.3 Å². The highest BCUT2D eigenvalue weighted by Crippen LogP contribution is 2.10. The number of benzene rings is 1. The highest BCUT2D eigenvalue weighted by Gasteiger charge is 2.10. The lowest BCUT2D eigenvalue weighted by atomic mass is 10.1. The highest BCUT2D eigenvalue weighted by molar-refractivity contribution is 6.37. The zero-order valence-corrected chi connectivity index (χ0v) is 12.7. The molecule has 0 unspecified atom stereocenters. The summed E-state index contributed by atoms with van der Waals surface area (Å²) in [5.41, 5.74) is 1.29. The van der Waals surface area contributed by atoms with Crippen molar-refractivity contribution in [1.29, 1.82) is 5.26 Å². The van der Waals surface area contributed by atoms with E-state index in [4.69, 9.17) is 5.26 Å². The Bertz CT molecular complexity index is 640. The fraction of sp³-hybridized carbons (Fsp3) is 0.294. The normalized spacial score (nSPS) is 11.2. The third kappa shape index (κ3) is 5.71. The van der Waals surface area contributed by atoms with E-state index >= 15 is 0 Å². The maximum Gasteiger partial charge on any atom is 0.352 e. The van der Waals surface area contributed by atoms with Gasteiger partial charge in [-0.3, -0.25) is 4.79 Å². The molecular formula is C17H18N2O3. The molecule has 1 aromatic rings. The van der Waals surface area contributed by atoms with Crippen LogP contribution >= 0.6 is 0 Å². The summed E-state index contributed by atoms with van der Waals surface area (Å²) in [6.45, 7) is 1.43. The Balaban J connectivity index is 2.77. The first-order chi connectivity index (χ1) is 10.6. The van der Waals surface area contributed by atoms with Gasteiger partial charge in [0.25, 0.3) is 5.91 Å². The van der Waals surface area contributed by atoms with Crippen LogP contribution in [0.5, 0.6) is 0 Å². The Labute approximate surface area is 129 Å². The van der Waals surface area contributed by atoms with E-state index in [1.807, 2.05) is 18.2 Å². The topological polar surface area (TPSA) is 79.5 Å². The van der Waals surface area contributed by atoms with Crippen LogP contribution in [0.4, 0.5) is 0 Å². The highest BCUT2D eigenvalue weighted by atomic mass is 16.5. The van der Waals surface area contributed by atoms with Crippen LogP contribution in [0.1, 0.15) is 42.1 Å². The van der Waals surface area contributed by atoms with Crippen molar-refractivity contribution in [2.75, 3.05) is 7.11 Å². The lowest BCUT2D eigenvalue weighted by molar-refractivity contribution is -0.132. The van der Waals surface area contributed by atoms with Gasteiger partial charge in [-0.2, -0.15) is 5.26 Å². The standard InChI is InChI=1S/C17H18N2O3/c1-13(17(21)22-2)19-16(20)15-10-7-9-14(12-15)8-5-3-4-6-11-18/h5,7-10,12H,3-4,6H2,1-2H3/b8-5-,19-13+. The van der Waals surface area contributed by atoms with Crippen LogP contribution in [0.15, 0.2) is 35.3 Å². The van der Waals surface area contributed by atoms with Gasteiger partial charge >= 0.3 is 5.97 Å². The molecule has 5 heteroatoms. The molecule has 1 aromatic carbocycles. The van der Waals surface area contributed by atoms with Crippen molar-refractivity contribution in [2.24, 2.45) is 4.99 Å². The molecular weight excluding hydrogens is 280 g/mol. The number of ether oxygens (including phenoxy) is 1. The summed E-state index contributed by atoms with van der Waals surface area (Å²) in [5.74, 6) is -1.11. The van der Waals surface area contributed by atoms with Crippen LogP contribution in [0.2, 0.25) is 0 Å². The smallest absolute Gasteiger partial charge is 0.352 e. The van der Waals surface area contributed by atoms with Crippen LogP contribution in [0.3, 0.4) is 0 Å². The fourth-order valence-electron chi connectivity index (χ4n) is 1.70. The second kappa shape index (κ2) is 9.24. The van der Waals surface area contributed by atoms with Crippen LogP contribution in [-0.2, 0) is 9.53 Å². The maximum atomic E-state index is 12.0. The first-order valence-corrected chi connectivity index (χ1v) is 6.90. The molecule has 0 heterocycles. The van der Waals surface area contributed by atoms with Crippen LogP contribution in [0.25, 0.3) is 6.08 Å². The molecule has 0 fully saturated rings. The molecule has 114 valence electrons. The quantitative estimate of drug-likeness (QED) is 0.459. The van der Waals surface area contributed by atoms with Crippen molar-refractivity contribution in [3.05, 3.63) is 41.5 Å². The minimum Gasteiger partial charge on any atom is -0.465 e. The molecule has 0 aliphatic carbocycles. The predicted octanol–water partition coefficient (Wildman–Crippen LogP) is 3.17. The molecule has 0 atom stereocenters. The van der Waals surface area contributed by atoms with Gasteiger partial charge in [0, 0.05) is 12.0 Å². The van der Waals surface area contributed by atoms with E-state index in [9.17, 15) is 9.59 Å². The van der Waals surface area contributed by atoms with Crippen LogP contribution in [0, 0.1) is 11.3 Å². The molecule has 0 aliphatic heterocycles. The molecule has 0 N–H and O–H groups in total. The SMILES string of the molecule is COC(=O)/C(C)=N/C(=O)c1cccc(/C=C\CCCC#N)c1. The zero-order chi connectivity index (χ0) is 16.4. The number of allylic oxidation sites excluding steroid dienone is 1. The number of amides is 1. The van der Waals surface area contributed by atoms with Gasteiger partial charge in [-0.15, -0.1) is 0 Å². The minimum atomic E-state index is -0.623. The fourth-order valence-corrected chi connectivity index (χ4v) is 1.70. The predicted molar refractivity (Wildman–Crippen MR) is 84.4 cm³/mol. The van der Waals surface area contributed by atoms with Crippen LogP contribution in [-0.4, -0.2) is 24.7 Å². The number of nitrogens with zero attached hydrogens (tertiary/aromatic N) is 2. The van der Waals surface area contributed by atoms with E-state index in [-0.39, 0.29) is 5.71 Å². The number of carbonyl (C=O) groups is 2. The Hall–Kier alpha value is -2.74. The largest absolute Gasteiger partial charge is 0.465 e. The number of methoxy groups -OCH3 is 1. The second-order valence-electron chi connectivity index (χ2n) is 4.57. The van der Waals surface area contributed by atoms with E-state index in [1.54, 1.807) is 18.2 Å². The molecule has 22 heavy (non-hydrogen) atoms. The van der Waals surface area contributed by atoms with Crippen molar-refractivity contribution >= 4 is 23.7 Å². The van der Waals surface area contributed by atoms with E-state index in [0.29, 0.717) is 12.0 Å². The summed E-state index contributed by atoms with van der Waals surface area (Å²) in [5, 5.41) is 8.45. The van der Waals surface area contributed by atoms with E-state index in [1.165, 1.54) is 14.0 Å². The molecule has 0 aromatic heterocycles. The second-order valence-corrected chi connectivity index (χ2v) is 4.57. The van der Waals surface area contributed by atoms with Gasteiger partial charge < -0.3 is 4.74 Å². The zero-order valence-electron chi connectivity index (χ0n) is 12.7. The monoisotopic (exact) mass is 298 g/mol. The average Bonchev–Trinajstić information content (AvgIpc) is 2.54. The van der Waals surface area contributed by atoms with Crippen molar-refractivity contribution in [1.82, 2.24) is 0 Å². The molecule has 1 rings (SSSR count). The van der Waals surface area contributed by atoms with Crippen molar-refractivity contribution in [2.45, 2.75) is 26.2 Å². The number of esters is 1. The number of carbonyl (C=O) groups excluding carboxylic acids is 2. The molecule has 0 aliphatic rings. The first-order valence-electron chi connectivity index (χ1n) is 6.90. The van der Waals surface area contributed by atoms with E-state index in [0.717, 1.165) is 18.4 Å². The number of unbranched alkanes of at least 4 members (excludes halogenated alkanes) is 2. The van der Waals surface area contributed by atoms with Gasteiger partial charge in [0.2, 0.25) is 0 Å². The van der Waals surface area contributed by atoms with Crippen LogP contribution < -0.4 is 0 Å². The van der Waals surface area contributed by atoms with Gasteiger partial charge in [-0.25, -0.2) is 9.79 Å². The number of aliphatic imine (C=N–C) groups is 1. The Morgan fingerprint density at radius 1 is 1.41 bits per heavy atom.